The highest BCUT2D eigenvalue weighted by molar-refractivity contribution is 6.05. The van der Waals surface area contributed by atoms with Crippen LogP contribution in [-0.4, -0.2) is 40.7 Å². The van der Waals surface area contributed by atoms with Crippen LogP contribution >= 0.6 is 0 Å². The number of rotatable bonds is 8. The number of hydrogen-bond acceptors (Lipinski definition) is 9. The monoisotopic (exact) mass is 673 g/mol. The molecule has 4 aromatic rings. The van der Waals surface area contributed by atoms with Gasteiger partial charge in [-0.1, -0.05) is 50.7 Å². The molecule has 49 heavy (non-hydrogen) atoms. The number of hydrogen-bond donors (Lipinski definition) is 5. The van der Waals surface area contributed by atoms with E-state index in [0.717, 1.165) is 47.7 Å². The van der Waals surface area contributed by atoms with Gasteiger partial charge in [-0.05, 0) is 62.1 Å². The molecular formula is C32H35N9O8. The quantitative estimate of drug-likeness (QED) is 0.169. The van der Waals surface area contributed by atoms with Crippen LogP contribution in [-0.2, 0) is 0 Å². The predicted molar refractivity (Wildman–Crippen MR) is 179 cm³/mol. The molecule has 0 spiro atoms. The molecule has 6 rings (SSSR count). The number of nitrogens with zero attached hydrogens (tertiary/aromatic N) is 4. The van der Waals surface area contributed by atoms with E-state index in [2.05, 4.69) is 26.4 Å². The van der Waals surface area contributed by atoms with Crippen LogP contribution < -0.4 is 49.8 Å². The van der Waals surface area contributed by atoms with Crippen molar-refractivity contribution < 1.29 is 9.59 Å². The van der Waals surface area contributed by atoms with E-state index in [0.29, 0.717) is 46.6 Å². The maximum absolute atomic E-state index is 13.2. The van der Waals surface area contributed by atoms with Gasteiger partial charge in [-0.15, -0.1) is 9.58 Å². The van der Waals surface area contributed by atoms with Gasteiger partial charge in [0.25, 0.3) is 11.8 Å². The number of anilines is 2. The molecule has 0 radical (unpaired) electrons. The fourth-order valence-electron chi connectivity index (χ4n) is 6.46. The standard InChI is InChI=1S/C32H35N9O8/c42-25(34-40-29(46)27(44)38(31(48)36-40)21-9-3-1-4-10-21)19-15-17-20(18-16-19)33-24-14-8-7-13-23(24)26(43)35-41-30(47)28(45)39(32(49)37-41)22-11-5-2-6-12-22/h7-8,13-18,21-22,33H,1-6,9-12H2,(H,34,42)(H,35,43)(H,36,48)(H,37,49). The number of carbonyl (C=O) groups excluding carboxylic acids is 2. The van der Waals surface area contributed by atoms with Gasteiger partial charge in [-0.2, -0.15) is 0 Å². The van der Waals surface area contributed by atoms with Crippen LogP contribution in [0.4, 0.5) is 11.4 Å². The van der Waals surface area contributed by atoms with Gasteiger partial charge >= 0.3 is 33.6 Å². The Hall–Kier alpha value is -6.00. The van der Waals surface area contributed by atoms with Crippen LogP contribution in [0.5, 0.6) is 0 Å². The van der Waals surface area contributed by atoms with E-state index in [1.165, 1.54) is 30.3 Å². The molecule has 2 aliphatic rings. The van der Waals surface area contributed by atoms with Gasteiger partial charge in [0, 0.05) is 23.3 Å². The largest absolute Gasteiger partial charge is 0.355 e. The Kier molecular flexibility index (Phi) is 9.41. The number of para-hydroxylation sites is 1. The minimum Gasteiger partial charge on any atom is -0.355 e. The van der Waals surface area contributed by atoms with Crippen molar-refractivity contribution in [2.45, 2.75) is 76.3 Å². The molecule has 2 heterocycles. The molecule has 2 saturated carbocycles. The Morgan fingerprint density at radius 1 is 0.571 bits per heavy atom. The molecule has 5 N–H and O–H groups in total. The molecule has 2 aliphatic carbocycles. The maximum Gasteiger partial charge on any atom is 0.350 e. The highest BCUT2D eigenvalue weighted by Crippen LogP contribution is 2.26. The van der Waals surface area contributed by atoms with E-state index in [1.807, 2.05) is 0 Å². The van der Waals surface area contributed by atoms with Crippen molar-refractivity contribution in [3.8, 4) is 0 Å². The van der Waals surface area contributed by atoms with Crippen LogP contribution in [0.3, 0.4) is 0 Å². The summed E-state index contributed by atoms with van der Waals surface area (Å²) in [6, 6.07) is 11.4. The average molecular weight is 674 g/mol. The average Bonchev–Trinajstić information content (AvgIpc) is 3.11. The van der Waals surface area contributed by atoms with Gasteiger partial charge in [0.2, 0.25) is 0 Å². The highest BCUT2D eigenvalue weighted by Gasteiger charge is 2.24. The number of aromatic nitrogens is 6. The van der Waals surface area contributed by atoms with E-state index < -0.39 is 45.4 Å². The van der Waals surface area contributed by atoms with Gasteiger partial charge in [-0.3, -0.25) is 37.9 Å². The van der Waals surface area contributed by atoms with Crippen molar-refractivity contribution in [2.75, 3.05) is 16.2 Å². The third-order valence-electron chi connectivity index (χ3n) is 8.97. The summed E-state index contributed by atoms with van der Waals surface area (Å²) in [5, 5.41) is 7.58. The molecule has 0 saturated heterocycles. The van der Waals surface area contributed by atoms with E-state index >= 15 is 0 Å². The fraction of sp³-hybridized carbons (Fsp3) is 0.375. The first kappa shape index (κ1) is 32.9. The summed E-state index contributed by atoms with van der Waals surface area (Å²) in [5.41, 5.74) is -0.418. The SMILES string of the molecule is O=C(Nn1[nH]c(=O)n(C2CCCCC2)c(=O)c1=O)c1ccc(Nc2ccccc2C(=O)Nn2[nH]c(=O)n(C3CCCCC3)c(=O)c2=O)cc1. The predicted octanol–water partition coefficient (Wildman–Crippen LogP) is 1.23. The zero-order valence-electron chi connectivity index (χ0n) is 26.4. The van der Waals surface area contributed by atoms with Crippen LogP contribution in [0.2, 0.25) is 0 Å². The molecular weight excluding hydrogens is 638 g/mol. The van der Waals surface area contributed by atoms with Crippen molar-refractivity contribution in [1.82, 2.24) is 28.9 Å². The molecule has 2 aromatic heterocycles. The van der Waals surface area contributed by atoms with E-state index in [-0.39, 0.29) is 23.2 Å². The third kappa shape index (κ3) is 6.86. The van der Waals surface area contributed by atoms with Gasteiger partial charge < -0.3 is 5.32 Å². The maximum atomic E-state index is 13.2. The zero-order valence-corrected chi connectivity index (χ0v) is 26.4. The van der Waals surface area contributed by atoms with Crippen molar-refractivity contribution >= 4 is 23.2 Å². The summed E-state index contributed by atoms with van der Waals surface area (Å²) >= 11 is 0. The lowest BCUT2D eigenvalue weighted by molar-refractivity contribution is 0.0995. The summed E-state index contributed by atoms with van der Waals surface area (Å²) < 4.78 is 1.85. The third-order valence-corrected chi connectivity index (χ3v) is 8.97. The Morgan fingerprint density at radius 3 is 1.55 bits per heavy atom. The van der Waals surface area contributed by atoms with Crippen molar-refractivity contribution in [3.05, 3.63) is 122 Å². The summed E-state index contributed by atoms with van der Waals surface area (Å²) in [7, 11) is 0. The smallest absolute Gasteiger partial charge is 0.350 e. The first-order valence-corrected chi connectivity index (χ1v) is 16.2. The Balaban J connectivity index is 1.15. The first-order valence-electron chi connectivity index (χ1n) is 16.2. The summed E-state index contributed by atoms with van der Waals surface area (Å²) in [6.45, 7) is 0. The van der Waals surface area contributed by atoms with Crippen molar-refractivity contribution in [3.63, 3.8) is 0 Å². The van der Waals surface area contributed by atoms with Gasteiger partial charge in [0.05, 0.1) is 11.3 Å². The Labute approximate surface area is 276 Å². The second-order valence-corrected chi connectivity index (χ2v) is 12.2. The van der Waals surface area contributed by atoms with Crippen LogP contribution in [0, 0.1) is 0 Å². The van der Waals surface area contributed by atoms with Crippen LogP contribution in [0.25, 0.3) is 0 Å². The molecule has 256 valence electrons. The minimum absolute atomic E-state index is 0.0693. The van der Waals surface area contributed by atoms with Crippen molar-refractivity contribution in [1.29, 1.82) is 0 Å². The lowest BCUT2D eigenvalue weighted by Gasteiger charge is -2.22. The molecule has 0 atom stereocenters. The van der Waals surface area contributed by atoms with E-state index in [4.69, 9.17) is 0 Å². The summed E-state index contributed by atoms with van der Waals surface area (Å²) in [6.07, 6.45) is 7.83. The number of benzene rings is 2. The first-order chi connectivity index (χ1) is 23.6. The van der Waals surface area contributed by atoms with E-state index in [9.17, 15) is 38.4 Å². The molecule has 2 aromatic carbocycles. The second-order valence-electron chi connectivity index (χ2n) is 12.2. The molecule has 0 unspecified atom stereocenters. The number of aromatic amines is 2. The van der Waals surface area contributed by atoms with Crippen LogP contribution in [0.15, 0.2) is 77.3 Å². The fourth-order valence-corrected chi connectivity index (χ4v) is 6.46. The molecule has 17 nitrogen and oxygen atoms in total. The summed E-state index contributed by atoms with van der Waals surface area (Å²) in [5.74, 6) is -1.57. The highest BCUT2D eigenvalue weighted by atomic mass is 16.2. The lowest BCUT2D eigenvalue weighted by Crippen LogP contribution is -2.54. The number of amides is 2. The number of carbonyl (C=O) groups is 2. The van der Waals surface area contributed by atoms with Gasteiger partial charge in [0.15, 0.2) is 0 Å². The second kappa shape index (κ2) is 14.0. The molecule has 0 bridgehead atoms. The molecule has 17 heteroatoms. The normalized spacial score (nSPS) is 15.4. The van der Waals surface area contributed by atoms with Crippen molar-refractivity contribution in [2.24, 2.45) is 0 Å². The topological polar surface area (TPSA) is 224 Å². The van der Waals surface area contributed by atoms with Gasteiger partial charge in [-0.25, -0.2) is 30.6 Å². The lowest BCUT2D eigenvalue weighted by atomic mass is 9.95. The number of nitrogens with one attached hydrogen (secondary N) is 5. The summed E-state index contributed by atoms with van der Waals surface area (Å²) in [4.78, 5) is 103. The molecule has 0 aliphatic heterocycles. The molecule has 2 fully saturated rings. The van der Waals surface area contributed by atoms with Gasteiger partial charge in [0.1, 0.15) is 0 Å². The number of H-pyrrole nitrogens is 2. The Bertz CT molecular complexity index is 2250. The zero-order chi connectivity index (χ0) is 34.7. The van der Waals surface area contributed by atoms with E-state index in [1.54, 1.807) is 18.2 Å². The Morgan fingerprint density at radius 2 is 1.04 bits per heavy atom. The minimum atomic E-state index is -1.10. The molecule has 2 amide bonds. The van der Waals surface area contributed by atoms with Crippen LogP contribution in [0.1, 0.15) is 97.0 Å².